The van der Waals surface area contributed by atoms with Gasteiger partial charge < -0.3 is 4.74 Å². The Balaban J connectivity index is 2.30. The molecule has 0 saturated heterocycles. The van der Waals surface area contributed by atoms with Crippen molar-refractivity contribution in [2.45, 2.75) is 18.9 Å². The summed E-state index contributed by atoms with van der Waals surface area (Å²) in [6.07, 6.45) is 0. The van der Waals surface area contributed by atoms with Gasteiger partial charge in [0.15, 0.2) is 5.82 Å². The molecule has 0 spiro atoms. The molecule has 0 bridgehead atoms. The first-order chi connectivity index (χ1) is 7.69. The molecule has 2 heterocycles. The Labute approximate surface area is 103 Å². The SMILES string of the molecule is COCc1cc(Cl)nc(C2=NC(C)SC2)n1. The highest BCUT2D eigenvalue weighted by Crippen LogP contribution is 2.22. The van der Waals surface area contributed by atoms with Gasteiger partial charge in [-0.25, -0.2) is 9.97 Å². The van der Waals surface area contributed by atoms with E-state index in [1.54, 1.807) is 24.9 Å². The number of hydrogen-bond acceptors (Lipinski definition) is 5. The van der Waals surface area contributed by atoms with Gasteiger partial charge in [-0.3, -0.25) is 4.99 Å². The molecule has 0 fully saturated rings. The van der Waals surface area contributed by atoms with E-state index >= 15 is 0 Å². The van der Waals surface area contributed by atoms with Crippen LogP contribution in [0.4, 0.5) is 0 Å². The fraction of sp³-hybridized carbons (Fsp3) is 0.500. The molecule has 0 radical (unpaired) electrons. The van der Waals surface area contributed by atoms with E-state index in [1.807, 2.05) is 0 Å². The van der Waals surface area contributed by atoms with Crippen LogP contribution in [-0.4, -0.2) is 33.9 Å². The lowest BCUT2D eigenvalue weighted by Gasteiger charge is -2.03. The van der Waals surface area contributed by atoms with E-state index in [2.05, 4.69) is 21.9 Å². The summed E-state index contributed by atoms with van der Waals surface area (Å²) in [5.41, 5.74) is 1.70. The van der Waals surface area contributed by atoms with E-state index in [9.17, 15) is 0 Å². The van der Waals surface area contributed by atoms with E-state index in [0.29, 0.717) is 17.6 Å². The molecule has 1 unspecified atom stereocenters. The van der Waals surface area contributed by atoms with Crippen molar-refractivity contribution in [2.24, 2.45) is 4.99 Å². The van der Waals surface area contributed by atoms with Gasteiger partial charge in [-0.2, -0.15) is 0 Å². The molecule has 1 aliphatic rings. The van der Waals surface area contributed by atoms with E-state index in [0.717, 1.165) is 17.2 Å². The molecule has 6 heteroatoms. The molecule has 4 nitrogen and oxygen atoms in total. The zero-order valence-corrected chi connectivity index (χ0v) is 10.7. The average Bonchev–Trinajstić information content (AvgIpc) is 2.64. The van der Waals surface area contributed by atoms with E-state index in [4.69, 9.17) is 16.3 Å². The number of halogens is 1. The van der Waals surface area contributed by atoms with Crippen LogP contribution in [0.15, 0.2) is 11.1 Å². The number of rotatable bonds is 3. The highest BCUT2D eigenvalue weighted by atomic mass is 35.5. The summed E-state index contributed by atoms with van der Waals surface area (Å²) in [7, 11) is 1.63. The van der Waals surface area contributed by atoms with Crippen LogP contribution >= 0.6 is 23.4 Å². The van der Waals surface area contributed by atoms with Crippen molar-refractivity contribution >= 4 is 29.1 Å². The zero-order valence-electron chi connectivity index (χ0n) is 9.11. The molecule has 0 saturated carbocycles. The van der Waals surface area contributed by atoms with Gasteiger partial charge in [0.1, 0.15) is 5.15 Å². The summed E-state index contributed by atoms with van der Waals surface area (Å²) in [6, 6.07) is 1.71. The van der Waals surface area contributed by atoms with Gasteiger partial charge in [-0.05, 0) is 13.0 Å². The zero-order chi connectivity index (χ0) is 11.5. The maximum atomic E-state index is 5.93. The van der Waals surface area contributed by atoms with Gasteiger partial charge in [0.2, 0.25) is 0 Å². The number of aliphatic imine (C=N–C) groups is 1. The lowest BCUT2D eigenvalue weighted by atomic mass is 10.3. The molecule has 16 heavy (non-hydrogen) atoms. The number of nitrogens with zero attached hydrogens (tertiary/aromatic N) is 3. The molecule has 86 valence electrons. The summed E-state index contributed by atoms with van der Waals surface area (Å²) in [5, 5.41) is 0.716. The van der Waals surface area contributed by atoms with Crippen LogP contribution in [0.25, 0.3) is 0 Å². The van der Waals surface area contributed by atoms with Gasteiger partial charge in [0.05, 0.1) is 23.4 Å². The summed E-state index contributed by atoms with van der Waals surface area (Å²) in [6.45, 7) is 2.49. The van der Waals surface area contributed by atoms with Gasteiger partial charge in [0, 0.05) is 12.9 Å². The Morgan fingerprint density at radius 1 is 1.56 bits per heavy atom. The molecule has 0 aliphatic carbocycles. The van der Waals surface area contributed by atoms with E-state index < -0.39 is 0 Å². The van der Waals surface area contributed by atoms with Crippen LogP contribution in [0, 0.1) is 0 Å². The monoisotopic (exact) mass is 257 g/mol. The third-order valence-corrected chi connectivity index (χ3v) is 3.32. The first-order valence-electron chi connectivity index (χ1n) is 4.90. The second-order valence-corrected chi connectivity index (χ2v) is 5.12. The standard InChI is InChI=1S/C10H12ClN3OS/c1-6-12-8(5-16-6)10-13-7(4-15-2)3-9(11)14-10/h3,6H,4-5H2,1-2H3. The molecular formula is C10H12ClN3OS. The quantitative estimate of drug-likeness (QED) is 0.779. The Kier molecular flexibility index (Phi) is 3.78. The summed E-state index contributed by atoms with van der Waals surface area (Å²) in [4.78, 5) is 13.0. The smallest absolute Gasteiger partial charge is 0.176 e. The van der Waals surface area contributed by atoms with Crippen molar-refractivity contribution in [1.82, 2.24) is 9.97 Å². The fourth-order valence-corrected chi connectivity index (χ4v) is 2.44. The minimum Gasteiger partial charge on any atom is -0.378 e. The summed E-state index contributed by atoms with van der Waals surface area (Å²) < 4.78 is 5.03. The number of methoxy groups -OCH3 is 1. The first-order valence-corrected chi connectivity index (χ1v) is 6.33. The third kappa shape index (κ3) is 2.72. The maximum absolute atomic E-state index is 5.93. The molecular weight excluding hydrogens is 246 g/mol. The largest absolute Gasteiger partial charge is 0.378 e. The van der Waals surface area contributed by atoms with Crippen LogP contribution < -0.4 is 0 Å². The molecule has 0 amide bonds. The normalized spacial score (nSPS) is 19.9. The number of ether oxygens (including phenoxy) is 1. The van der Waals surface area contributed by atoms with Crippen LogP contribution in [0.2, 0.25) is 5.15 Å². The highest BCUT2D eigenvalue weighted by Gasteiger charge is 2.18. The second kappa shape index (κ2) is 5.12. The average molecular weight is 258 g/mol. The van der Waals surface area contributed by atoms with Crippen molar-refractivity contribution in [2.75, 3.05) is 12.9 Å². The molecule has 1 aliphatic heterocycles. The van der Waals surface area contributed by atoms with Crippen molar-refractivity contribution in [3.8, 4) is 0 Å². The number of hydrogen-bond donors (Lipinski definition) is 0. The predicted molar refractivity (Wildman–Crippen MR) is 66.2 cm³/mol. The second-order valence-electron chi connectivity index (χ2n) is 3.42. The maximum Gasteiger partial charge on any atom is 0.176 e. The topological polar surface area (TPSA) is 47.4 Å². The van der Waals surface area contributed by atoms with Crippen LogP contribution in [-0.2, 0) is 11.3 Å². The lowest BCUT2D eigenvalue weighted by Crippen LogP contribution is -2.09. The molecule has 0 N–H and O–H groups in total. The number of thioether (sulfide) groups is 1. The van der Waals surface area contributed by atoms with Crippen molar-refractivity contribution in [1.29, 1.82) is 0 Å². The number of aromatic nitrogens is 2. The van der Waals surface area contributed by atoms with Crippen LogP contribution in [0.5, 0.6) is 0 Å². The molecule has 1 atom stereocenters. The van der Waals surface area contributed by atoms with E-state index in [-0.39, 0.29) is 5.37 Å². The van der Waals surface area contributed by atoms with Gasteiger partial charge >= 0.3 is 0 Å². The van der Waals surface area contributed by atoms with Crippen LogP contribution in [0.1, 0.15) is 18.4 Å². The van der Waals surface area contributed by atoms with Crippen molar-refractivity contribution < 1.29 is 4.74 Å². The Morgan fingerprint density at radius 3 is 3.00 bits per heavy atom. The lowest BCUT2D eigenvalue weighted by molar-refractivity contribution is 0.181. The molecule has 0 aromatic carbocycles. The van der Waals surface area contributed by atoms with Gasteiger partial charge in [-0.1, -0.05) is 11.6 Å². The fourth-order valence-electron chi connectivity index (χ4n) is 1.43. The Morgan fingerprint density at radius 2 is 2.38 bits per heavy atom. The molecule has 2 rings (SSSR count). The molecule has 1 aromatic heterocycles. The summed E-state index contributed by atoms with van der Waals surface area (Å²) in [5.74, 6) is 1.46. The third-order valence-electron chi connectivity index (χ3n) is 2.10. The minimum absolute atomic E-state index is 0.281. The Bertz CT molecular complexity index is 425. The molecule has 1 aromatic rings. The summed E-state index contributed by atoms with van der Waals surface area (Å²) >= 11 is 7.70. The van der Waals surface area contributed by atoms with Gasteiger partial charge in [-0.15, -0.1) is 11.8 Å². The Hall–Kier alpha value is -0.650. The van der Waals surface area contributed by atoms with E-state index in [1.165, 1.54) is 0 Å². The first kappa shape index (κ1) is 11.8. The van der Waals surface area contributed by atoms with Crippen molar-refractivity contribution in [3.63, 3.8) is 0 Å². The highest BCUT2D eigenvalue weighted by molar-refractivity contribution is 8.00. The minimum atomic E-state index is 0.281. The van der Waals surface area contributed by atoms with Crippen LogP contribution in [0.3, 0.4) is 0 Å². The predicted octanol–water partition coefficient (Wildman–Crippen LogP) is 2.16. The van der Waals surface area contributed by atoms with Gasteiger partial charge in [0.25, 0.3) is 0 Å². The van der Waals surface area contributed by atoms with Crippen molar-refractivity contribution in [3.05, 3.63) is 22.7 Å².